The van der Waals surface area contributed by atoms with Gasteiger partial charge in [-0.1, -0.05) is 18.5 Å². The largest absolute Gasteiger partial charge is 0.398 e. The van der Waals surface area contributed by atoms with E-state index >= 15 is 0 Å². The van der Waals surface area contributed by atoms with Crippen molar-refractivity contribution in [3.8, 4) is 0 Å². The molecule has 0 saturated heterocycles. The molecule has 0 radical (unpaired) electrons. The number of carbonyl (C=O) groups is 1. The highest BCUT2D eigenvalue weighted by atomic mass is 35.5. The summed E-state index contributed by atoms with van der Waals surface area (Å²) in [5.74, 6) is 0.652. The Bertz CT molecular complexity index is 413. The van der Waals surface area contributed by atoms with Crippen molar-refractivity contribution in [1.82, 2.24) is 5.32 Å². The summed E-state index contributed by atoms with van der Waals surface area (Å²) < 4.78 is 0. The van der Waals surface area contributed by atoms with Gasteiger partial charge in [-0.3, -0.25) is 4.79 Å². The number of anilines is 1. The Hall–Kier alpha value is -1.22. The molecule has 0 aromatic heterocycles. The average molecular weight is 239 g/mol. The van der Waals surface area contributed by atoms with E-state index in [1.807, 2.05) is 0 Å². The van der Waals surface area contributed by atoms with Crippen LogP contribution in [0.2, 0.25) is 5.02 Å². The number of hydrogen-bond acceptors (Lipinski definition) is 2. The molecular formula is C12H15ClN2O. The minimum absolute atomic E-state index is 0.0706. The molecule has 86 valence electrons. The number of amides is 1. The van der Waals surface area contributed by atoms with Gasteiger partial charge in [0.15, 0.2) is 0 Å². The molecule has 1 fully saturated rings. The first-order chi connectivity index (χ1) is 7.56. The van der Waals surface area contributed by atoms with E-state index in [2.05, 4.69) is 12.2 Å². The number of benzene rings is 1. The second kappa shape index (κ2) is 4.34. The molecule has 1 aromatic rings. The fourth-order valence-corrected chi connectivity index (χ4v) is 2.14. The van der Waals surface area contributed by atoms with Crippen molar-refractivity contribution in [1.29, 1.82) is 0 Å². The highest BCUT2D eigenvalue weighted by Crippen LogP contribution is 2.27. The van der Waals surface area contributed by atoms with Gasteiger partial charge in [0, 0.05) is 11.6 Å². The van der Waals surface area contributed by atoms with Crippen LogP contribution in [0.15, 0.2) is 18.2 Å². The Kier molecular flexibility index (Phi) is 3.06. The number of hydrogen-bond donors (Lipinski definition) is 2. The molecule has 1 amide bonds. The predicted octanol–water partition coefficient (Wildman–Crippen LogP) is 2.45. The van der Waals surface area contributed by atoms with Crippen molar-refractivity contribution in [2.75, 3.05) is 5.73 Å². The number of carbonyl (C=O) groups excluding carboxylic acids is 1. The smallest absolute Gasteiger partial charge is 0.251 e. The van der Waals surface area contributed by atoms with Crippen molar-refractivity contribution < 1.29 is 4.79 Å². The third-order valence-electron chi connectivity index (χ3n) is 2.97. The monoisotopic (exact) mass is 238 g/mol. The number of nitrogen functional groups attached to an aromatic ring is 1. The van der Waals surface area contributed by atoms with Gasteiger partial charge < -0.3 is 11.1 Å². The third-order valence-corrected chi connectivity index (χ3v) is 3.30. The molecule has 0 unspecified atom stereocenters. The van der Waals surface area contributed by atoms with Gasteiger partial charge >= 0.3 is 0 Å². The zero-order chi connectivity index (χ0) is 11.7. The van der Waals surface area contributed by atoms with Gasteiger partial charge in [-0.15, -0.1) is 0 Å². The maximum atomic E-state index is 11.8. The zero-order valence-electron chi connectivity index (χ0n) is 9.16. The van der Waals surface area contributed by atoms with Gasteiger partial charge in [0.2, 0.25) is 0 Å². The maximum Gasteiger partial charge on any atom is 0.251 e. The summed E-state index contributed by atoms with van der Waals surface area (Å²) in [6.07, 6.45) is 2.13. The van der Waals surface area contributed by atoms with Crippen LogP contribution in [-0.2, 0) is 0 Å². The lowest BCUT2D eigenvalue weighted by molar-refractivity contribution is 0.0896. The molecule has 0 bridgehead atoms. The molecule has 2 rings (SSSR count). The summed E-state index contributed by atoms with van der Waals surface area (Å²) in [4.78, 5) is 11.8. The summed E-state index contributed by atoms with van der Waals surface area (Å²) >= 11 is 5.86. The quantitative estimate of drug-likeness (QED) is 0.778. The maximum absolute atomic E-state index is 11.8. The summed E-state index contributed by atoms with van der Waals surface area (Å²) in [5, 5.41) is 3.40. The molecule has 0 spiro atoms. The summed E-state index contributed by atoms with van der Waals surface area (Å²) in [6.45, 7) is 2.18. The molecule has 1 saturated carbocycles. The highest BCUT2D eigenvalue weighted by molar-refractivity contribution is 6.33. The van der Waals surface area contributed by atoms with Crippen LogP contribution < -0.4 is 11.1 Å². The number of halogens is 1. The lowest BCUT2D eigenvalue weighted by Gasteiger charge is -2.33. The van der Waals surface area contributed by atoms with E-state index in [1.54, 1.807) is 18.2 Å². The molecule has 0 atom stereocenters. The van der Waals surface area contributed by atoms with E-state index in [1.165, 1.54) is 0 Å². The number of rotatable bonds is 2. The SMILES string of the molecule is CC1CC(NC(=O)c2ccc(N)c(Cl)c2)C1. The Labute approximate surface area is 100.0 Å². The minimum Gasteiger partial charge on any atom is -0.398 e. The zero-order valence-corrected chi connectivity index (χ0v) is 9.92. The molecule has 16 heavy (non-hydrogen) atoms. The Morgan fingerprint density at radius 2 is 2.19 bits per heavy atom. The standard InChI is InChI=1S/C12H15ClN2O/c1-7-4-9(5-7)15-12(16)8-2-3-11(14)10(13)6-8/h2-3,6-7,9H,4-5,14H2,1H3,(H,15,16). The van der Waals surface area contributed by atoms with Crippen molar-refractivity contribution in [3.63, 3.8) is 0 Å². The van der Waals surface area contributed by atoms with Crippen molar-refractivity contribution >= 4 is 23.2 Å². The lowest BCUT2D eigenvalue weighted by atomic mass is 9.82. The molecule has 1 aliphatic carbocycles. The van der Waals surface area contributed by atoms with Crippen molar-refractivity contribution in [2.45, 2.75) is 25.8 Å². The van der Waals surface area contributed by atoms with Crippen LogP contribution in [0.4, 0.5) is 5.69 Å². The van der Waals surface area contributed by atoms with Crippen LogP contribution in [0.25, 0.3) is 0 Å². The van der Waals surface area contributed by atoms with E-state index < -0.39 is 0 Å². The van der Waals surface area contributed by atoms with E-state index in [9.17, 15) is 4.79 Å². The number of nitrogens with one attached hydrogen (secondary N) is 1. The highest BCUT2D eigenvalue weighted by Gasteiger charge is 2.26. The average Bonchev–Trinajstić information content (AvgIpc) is 2.19. The Morgan fingerprint density at radius 1 is 1.50 bits per heavy atom. The third kappa shape index (κ3) is 2.30. The molecule has 1 aromatic carbocycles. The van der Waals surface area contributed by atoms with Crippen LogP contribution in [-0.4, -0.2) is 11.9 Å². The first kappa shape index (κ1) is 11.3. The molecule has 3 N–H and O–H groups in total. The molecule has 0 aliphatic heterocycles. The van der Waals surface area contributed by atoms with Gasteiger partial charge in [-0.25, -0.2) is 0 Å². The first-order valence-corrected chi connectivity index (χ1v) is 5.80. The van der Waals surface area contributed by atoms with Crippen LogP contribution >= 0.6 is 11.6 Å². The Morgan fingerprint density at radius 3 is 2.75 bits per heavy atom. The fraction of sp³-hybridized carbons (Fsp3) is 0.417. The van der Waals surface area contributed by atoms with E-state index in [0.29, 0.717) is 22.3 Å². The topological polar surface area (TPSA) is 55.1 Å². The van der Waals surface area contributed by atoms with Crippen LogP contribution in [0.3, 0.4) is 0 Å². The summed E-state index contributed by atoms with van der Waals surface area (Å²) in [6, 6.07) is 5.27. The van der Waals surface area contributed by atoms with Gasteiger partial charge in [-0.05, 0) is 37.0 Å². The second-order valence-electron chi connectivity index (χ2n) is 4.48. The summed E-state index contributed by atoms with van der Waals surface area (Å²) in [5.41, 5.74) is 6.65. The molecule has 0 heterocycles. The summed E-state index contributed by atoms with van der Waals surface area (Å²) in [7, 11) is 0. The van der Waals surface area contributed by atoms with Crippen molar-refractivity contribution in [2.24, 2.45) is 5.92 Å². The second-order valence-corrected chi connectivity index (χ2v) is 4.89. The molecular weight excluding hydrogens is 224 g/mol. The van der Waals surface area contributed by atoms with E-state index in [-0.39, 0.29) is 5.91 Å². The van der Waals surface area contributed by atoms with Crippen molar-refractivity contribution in [3.05, 3.63) is 28.8 Å². The minimum atomic E-state index is -0.0706. The van der Waals surface area contributed by atoms with Crippen LogP contribution in [0.5, 0.6) is 0 Å². The normalized spacial score (nSPS) is 23.6. The predicted molar refractivity (Wildman–Crippen MR) is 65.5 cm³/mol. The molecule has 1 aliphatic rings. The van der Waals surface area contributed by atoms with Crippen LogP contribution in [0.1, 0.15) is 30.1 Å². The fourth-order valence-electron chi connectivity index (χ4n) is 1.96. The number of nitrogens with two attached hydrogens (primary N) is 1. The van der Waals surface area contributed by atoms with E-state index in [0.717, 1.165) is 18.8 Å². The Balaban J connectivity index is 2.01. The van der Waals surface area contributed by atoms with Gasteiger partial charge in [0.1, 0.15) is 0 Å². The van der Waals surface area contributed by atoms with Gasteiger partial charge in [0.05, 0.1) is 10.7 Å². The van der Waals surface area contributed by atoms with Gasteiger partial charge in [0.25, 0.3) is 5.91 Å². The van der Waals surface area contributed by atoms with E-state index in [4.69, 9.17) is 17.3 Å². The molecule has 3 nitrogen and oxygen atoms in total. The lowest BCUT2D eigenvalue weighted by Crippen LogP contribution is -2.43. The first-order valence-electron chi connectivity index (χ1n) is 5.42. The van der Waals surface area contributed by atoms with Crippen LogP contribution in [0, 0.1) is 5.92 Å². The molecule has 4 heteroatoms. The van der Waals surface area contributed by atoms with Gasteiger partial charge in [-0.2, -0.15) is 0 Å².